The van der Waals surface area contributed by atoms with Crippen LogP contribution in [0.2, 0.25) is 0 Å². The largest absolute Gasteiger partial charge is 0.334 e. The van der Waals surface area contributed by atoms with Crippen LogP contribution in [0.15, 0.2) is 0 Å². The van der Waals surface area contributed by atoms with Gasteiger partial charge in [0.1, 0.15) is 0 Å². The molecule has 1 aliphatic rings. The SMILES string of the molecule is CC(N)CCC(=O)N(CC(F)F)C1CC1.Cl. The van der Waals surface area contributed by atoms with Crippen molar-refractivity contribution in [2.75, 3.05) is 6.54 Å². The van der Waals surface area contributed by atoms with Crippen LogP contribution < -0.4 is 5.73 Å². The summed E-state index contributed by atoms with van der Waals surface area (Å²) in [4.78, 5) is 12.9. The van der Waals surface area contributed by atoms with Gasteiger partial charge in [-0.05, 0) is 26.2 Å². The molecule has 0 saturated heterocycles. The fourth-order valence-electron chi connectivity index (χ4n) is 1.48. The van der Waals surface area contributed by atoms with Gasteiger partial charge in [-0.15, -0.1) is 12.4 Å². The molecule has 16 heavy (non-hydrogen) atoms. The molecule has 1 saturated carbocycles. The number of rotatable bonds is 6. The first kappa shape index (κ1) is 15.6. The van der Waals surface area contributed by atoms with Crippen LogP contribution >= 0.6 is 12.4 Å². The van der Waals surface area contributed by atoms with E-state index in [0.717, 1.165) is 12.8 Å². The molecule has 0 spiro atoms. The Labute approximate surface area is 101 Å². The van der Waals surface area contributed by atoms with Crippen molar-refractivity contribution in [3.63, 3.8) is 0 Å². The summed E-state index contributed by atoms with van der Waals surface area (Å²) in [5.74, 6) is -0.185. The highest BCUT2D eigenvalue weighted by molar-refractivity contribution is 5.85. The molecule has 1 fully saturated rings. The Morgan fingerprint density at radius 3 is 2.44 bits per heavy atom. The number of hydrogen-bond acceptors (Lipinski definition) is 2. The zero-order chi connectivity index (χ0) is 11.4. The molecule has 1 atom stereocenters. The first-order chi connectivity index (χ1) is 7.00. The predicted octanol–water partition coefficient (Wildman–Crippen LogP) is 1.79. The Bertz CT molecular complexity index is 223. The van der Waals surface area contributed by atoms with Gasteiger partial charge in [0.2, 0.25) is 5.91 Å². The van der Waals surface area contributed by atoms with E-state index in [4.69, 9.17) is 5.73 Å². The highest BCUT2D eigenvalue weighted by atomic mass is 35.5. The lowest BCUT2D eigenvalue weighted by Crippen LogP contribution is -2.37. The van der Waals surface area contributed by atoms with Crippen LogP contribution in [0.4, 0.5) is 8.78 Å². The highest BCUT2D eigenvalue weighted by Crippen LogP contribution is 2.28. The molecule has 1 aliphatic carbocycles. The molecule has 3 nitrogen and oxygen atoms in total. The average Bonchev–Trinajstić information content (AvgIpc) is 2.93. The second-order valence-electron chi connectivity index (χ2n) is 4.18. The molecule has 0 aromatic rings. The molecule has 0 aliphatic heterocycles. The van der Waals surface area contributed by atoms with Gasteiger partial charge in [0, 0.05) is 18.5 Å². The van der Waals surface area contributed by atoms with Gasteiger partial charge in [-0.3, -0.25) is 4.79 Å². The molecule has 0 aromatic heterocycles. The van der Waals surface area contributed by atoms with Gasteiger partial charge in [0.25, 0.3) is 6.43 Å². The third-order valence-electron chi connectivity index (χ3n) is 2.46. The van der Waals surface area contributed by atoms with Gasteiger partial charge < -0.3 is 10.6 Å². The van der Waals surface area contributed by atoms with Gasteiger partial charge in [-0.1, -0.05) is 0 Å². The Morgan fingerprint density at radius 1 is 1.50 bits per heavy atom. The Morgan fingerprint density at radius 2 is 2.06 bits per heavy atom. The highest BCUT2D eigenvalue weighted by Gasteiger charge is 2.33. The maximum absolute atomic E-state index is 12.2. The van der Waals surface area contributed by atoms with Crippen molar-refractivity contribution in [2.24, 2.45) is 5.73 Å². The van der Waals surface area contributed by atoms with Gasteiger partial charge in [-0.2, -0.15) is 0 Å². The fourth-order valence-corrected chi connectivity index (χ4v) is 1.48. The molecule has 0 heterocycles. The first-order valence-corrected chi connectivity index (χ1v) is 5.34. The standard InChI is InChI=1S/C10H18F2N2O.ClH/c1-7(13)2-5-10(15)14(6-9(11)12)8-3-4-8;/h7-9H,2-6,13H2,1H3;1H. The van der Waals surface area contributed by atoms with Crippen molar-refractivity contribution >= 4 is 18.3 Å². The summed E-state index contributed by atoms with van der Waals surface area (Å²) in [5, 5.41) is 0. The molecule has 1 rings (SSSR count). The minimum atomic E-state index is -2.44. The van der Waals surface area contributed by atoms with Gasteiger partial charge in [-0.25, -0.2) is 8.78 Å². The lowest BCUT2D eigenvalue weighted by Gasteiger charge is -2.22. The molecule has 0 bridgehead atoms. The van der Waals surface area contributed by atoms with Crippen LogP contribution in [0.25, 0.3) is 0 Å². The van der Waals surface area contributed by atoms with E-state index in [2.05, 4.69) is 0 Å². The van der Waals surface area contributed by atoms with E-state index in [1.165, 1.54) is 4.90 Å². The summed E-state index contributed by atoms with van der Waals surface area (Å²) in [5.41, 5.74) is 5.51. The summed E-state index contributed by atoms with van der Waals surface area (Å²) in [6, 6.07) is 0.00105. The molecule has 6 heteroatoms. The molecule has 1 unspecified atom stereocenters. The third kappa shape index (κ3) is 5.61. The molecular weight excluding hydrogens is 238 g/mol. The first-order valence-electron chi connectivity index (χ1n) is 5.34. The minimum absolute atomic E-state index is 0. The number of carbonyl (C=O) groups excluding carboxylic acids is 1. The second-order valence-corrected chi connectivity index (χ2v) is 4.18. The third-order valence-corrected chi connectivity index (χ3v) is 2.46. The van der Waals surface area contributed by atoms with E-state index >= 15 is 0 Å². The van der Waals surface area contributed by atoms with Gasteiger partial charge >= 0.3 is 0 Å². The van der Waals surface area contributed by atoms with Crippen molar-refractivity contribution < 1.29 is 13.6 Å². The number of nitrogens with two attached hydrogens (primary N) is 1. The average molecular weight is 257 g/mol. The monoisotopic (exact) mass is 256 g/mol. The van der Waals surface area contributed by atoms with Crippen molar-refractivity contribution in [3.05, 3.63) is 0 Å². The zero-order valence-corrected chi connectivity index (χ0v) is 10.2. The van der Waals surface area contributed by atoms with E-state index in [1.807, 2.05) is 6.92 Å². The minimum Gasteiger partial charge on any atom is -0.334 e. The Hall–Kier alpha value is -0.420. The summed E-state index contributed by atoms with van der Waals surface area (Å²) in [7, 11) is 0. The van der Waals surface area contributed by atoms with E-state index in [1.54, 1.807) is 0 Å². The predicted molar refractivity (Wildman–Crippen MR) is 60.9 cm³/mol. The number of hydrogen-bond donors (Lipinski definition) is 1. The lowest BCUT2D eigenvalue weighted by molar-refractivity contribution is -0.134. The second kappa shape index (κ2) is 7.01. The van der Waals surface area contributed by atoms with Crippen molar-refractivity contribution in [3.8, 4) is 0 Å². The number of carbonyl (C=O) groups is 1. The maximum atomic E-state index is 12.2. The summed E-state index contributed by atoms with van der Waals surface area (Å²) < 4.78 is 24.4. The number of nitrogens with zero attached hydrogens (tertiary/aromatic N) is 1. The van der Waals surface area contributed by atoms with Crippen LogP contribution in [-0.2, 0) is 4.79 Å². The Balaban J connectivity index is 0.00000225. The van der Waals surface area contributed by atoms with Crippen LogP contribution in [0.5, 0.6) is 0 Å². The summed E-state index contributed by atoms with van der Waals surface area (Å²) in [6.45, 7) is 1.38. The van der Waals surface area contributed by atoms with Gasteiger partial charge in [0.05, 0.1) is 6.54 Å². The fraction of sp³-hybridized carbons (Fsp3) is 0.900. The number of alkyl halides is 2. The van der Waals surface area contributed by atoms with Gasteiger partial charge in [0.15, 0.2) is 0 Å². The Kier molecular flexibility index (Phi) is 6.83. The van der Waals surface area contributed by atoms with E-state index in [9.17, 15) is 13.6 Å². The normalized spacial score (nSPS) is 16.8. The molecule has 2 N–H and O–H groups in total. The van der Waals surface area contributed by atoms with Crippen molar-refractivity contribution in [2.45, 2.75) is 51.1 Å². The lowest BCUT2D eigenvalue weighted by atomic mass is 10.2. The van der Waals surface area contributed by atoms with E-state index < -0.39 is 13.0 Å². The summed E-state index contributed by atoms with van der Waals surface area (Å²) >= 11 is 0. The molecule has 96 valence electrons. The van der Waals surface area contributed by atoms with E-state index in [0.29, 0.717) is 6.42 Å². The molecule has 0 radical (unpaired) electrons. The zero-order valence-electron chi connectivity index (χ0n) is 9.36. The molecule has 0 aromatic carbocycles. The van der Waals surface area contributed by atoms with E-state index in [-0.39, 0.29) is 36.8 Å². The van der Waals surface area contributed by atoms with Crippen molar-refractivity contribution in [1.82, 2.24) is 4.90 Å². The van der Waals surface area contributed by atoms with Crippen molar-refractivity contribution in [1.29, 1.82) is 0 Å². The van der Waals surface area contributed by atoms with Crippen LogP contribution in [-0.4, -0.2) is 35.9 Å². The molecular formula is C10H19ClF2N2O. The van der Waals surface area contributed by atoms with Crippen LogP contribution in [0, 0.1) is 0 Å². The maximum Gasteiger partial charge on any atom is 0.255 e. The van der Waals surface area contributed by atoms with Crippen LogP contribution in [0.1, 0.15) is 32.6 Å². The number of amides is 1. The number of halogens is 3. The smallest absolute Gasteiger partial charge is 0.255 e. The summed E-state index contributed by atoms with van der Waals surface area (Å²) in [6.07, 6.45) is 0.115. The molecule has 1 amide bonds. The topological polar surface area (TPSA) is 46.3 Å². The van der Waals surface area contributed by atoms with Crippen LogP contribution in [0.3, 0.4) is 0 Å². The quantitative estimate of drug-likeness (QED) is 0.788.